The number of methoxy groups -OCH3 is 1. The van der Waals surface area contributed by atoms with E-state index in [1.807, 2.05) is 12.1 Å². The fourth-order valence-corrected chi connectivity index (χ4v) is 4.76. The quantitative estimate of drug-likeness (QED) is 0.343. The van der Waals surface area contributed by atoms with Crippen LogP contribution in [-0.4, -0.2) is 43.9 Å². The highest BCUT2D eigenvalue weighted by Crippen LogP contribution is 2.25. The normalized spacial score (nSPS) is 13.9. The van der Waals surface area contributed by atoms with Crippen LogP contribution in [0.1, 0.15) is 27.0 Å². The fraction of sp³-hybridized carbons (Fsp3) is 0.250. The first-order valence-electron chi connectivity index (χ1n) is 11.5. The zero-order valence-corrected chi connectivity index (χ0v) is 19.9. The van der Waals surface area contributed by atoms with Crippen LogP contribution in [0.3, 0.4) is 0 Å². The number of carbonyl (C=O) groups is 1. The molecule has 0 saturated carbocycles. The van der Waals surface area contributed by atoms with E-state index in [9.17, 15) is 4.79 Å². The third-order valence-electron chi connectivity index (χ3n) is 6.35. The molecular formula is C28H27ClN2O3. The lowest BCUT2D eigenvalue weighted by Crippen LogP contribution is -2.36. The molecule has 34 heavy (non-hydrogen) atoms. The summed E-state index contributed by atoms with van der Waals surface area (Å²) in [6.45, 7) is 4.25. The van der Waals surface area contributed by atoms with E-state index < -0.39 is 0 Å². The molecule has 0 bridgehead atoms. The van der Waals surface area contributed by atoms with Crippen LogP contribution in [0, 0.1) is 0 Å². The minimum Gasteiger partial charge on any atom is -0.465 e. The van der Waals surface area contributed by atoms with Gasteiger partial charge in [-0.15, -0.1) is 0 Å². The summed E-state index contributed by atoms with van der Waals surface area (Å²) < 4.78 is 12.7. The molecule has 0 radical (unpaired) electrons. The smallest absolute Gasteiger partial charge is 0.338 e. The molecule has 5 rings (SSSR count). The van der Waals surface area contributed by atoms with Crippen molar-refractivity contribution in [2.75, 3.05) is 38.3 Å². The molecule has 1 fully saturated rings. The van der Waals surface area contributed by atoms with Gasteiger partial charge in [-0.05, 0) is 71.0 Å². The van der Waals surface area contributed by atoms with Gasteiger partial charge >= 0.3 is 5.97 Å². The van der Waals surface area contributed by atoms with Crippen molar-refractivity contribution in [1.82, 2.24) is 4.57 Å². The van der Waals surface area contributed by atoms with Crippen LogP contribution in [-0.2, 0) is 22.4 Å². The number of esters is 1. The first kappa shape index (κ1) is 22.5. The van der Waals surface area contributed by atoms with E-state index in [4.69, 9.17) is 21.1 Å². The molecule has 1 aromatic heterocycles. The fourth-order valence-electron chi connectivity index (χ4n) is 4.59. The Hall–Kier alpha value is -3.28. The number of ether oxygens (including phenoxy) is 2. The van der Waals surface area contributed by atoms with Crippen LogP contribution < -0.4 is 4.90 Å². The average molecular weight is 475 g/mol. The Morgan fingerprint density at radius 3 is 2.68 bits per heavy atom. The SMILES string of the molecule is COC(=O)c1cc(Cl)ccc1Cc1ccc2c(ccn2Cc2cccc(N3CCOCC3)c2)c1. The molecule has 1 aliphatic heterocycles. The first-order valence-corrected chi connectivity index (χ1v) is 11.8. The second kappa shape index (κ2) is 9.92. The summed E-state index contributed by atoms with van der Waals surface area (Å²) >= 11 is 6.10. The van der Waals surface area contributed by atoms with E-state index in [-0.39, 0.29) is 5.97 Å². The number of aromatic nitrogens is 1. The van der Waals surface area contributed by atoms with Gasteiger partial charge in [0, 0.05) is 42.1 Å². The van der Waals surface area contributed by atoms with Gasteiger partial charge in [0.15, 0.2) is 0 Å². The molecule has 0 amide bonds. The number of nitrogens with zero attached hydrogens (tertiary/aromatic N) is 2. The molecule has 2 heterocycles. The van der Waals surface area contributed by atoms with Crippen molar-refractivity contribution in [3.63, 3.8) is 0 Å². The minimum atomic E-state index is -0.371. The van der Waals surface area contributed by atoms with Gasteiger partial charge in [0.2, 0.25) is 0 Å². The van der Waals surface area contributed by atoms with Gasteiger partial charge in [-0.1, -0.05) is 35.9 Å². The molecule has 0 spiro atoms. The van der Waals surface area contributed by atoms with E-state index >= 15 is 0 Å². The molecule has 6 heteroatoms. The predicted octanol–water partition coefficient (Wildman–Crippen LogP) is 5.56. The van der Waals surface area contributed by atoms with Crippen LogP contribution in [0.4, 0.5) is 5.69 Å². The molecule has 0 N–H and O–H groups in total. The number of rotatable bonds is 6. The molecule has 1 aliphatic rings. The van der Waals surface area contributed by atoms with Gasteiger partial charge < -0.3 is 18.9 Å². The standard InChI is InChI=1S/C28H27ClN2O3/c1-33-28(32)26-18-24(29)7-6-22(26)15-20-5-8-27-23(16-20)9-10-31(27)19-21-3-2-4-25(17-21)30-11-13-34-14-12-30/h2-10,16-18H,11-15,19H2,1H3. The van der Waals surface area contributed by atoms with Crippen molar-refractivity contribution >= 4 is 34.2 Å². The van der Waals surface area contributed by atoms with Gasteiger partial charge in [-0.25, -0.2) is 4.79 Å². The van der Waals surface area contributed by atoms with Gasteiger partial charge in [0.05, 0.1) is 25.9 Å². The largest absolute Gasteiger partial charge is 0.465 e. The molecule has 3 aromatic carbocycles. The van der Waals surface area contributed by atoms with Gasteiger partial charge in [0.1, 0.15) is 0 Å². The topological polar surface area (TPSA) is 43.7 Å². The van der Waals surface area contributed by atoms with Crippen molar-refractivity contribution < 1.29 is 14.3 Å². The number of benzene rings is 3. The highest BCUT2D eigenvalue weighted by atomic mass is 35.5. The van der Waals surface area contributed by atoms with E-state index in [1.165, 1.54) is 29.3 Å². The molecule has 0 aliphatic carbocycles. The van der Waals surface area contributed by atoms with Crippen molar-refractivity contribution in [2.45, 2.75) is 13.0 Å². The molecule has 0 atom stereocenters. The highest BCUT2D eigenvalue weighted by molar-refractivity contribution is 6.31. The van der Waals surface area contributed by atoms with Crippen LogP contribution in [0.5, 0.6) is 0 Å². The second-order valence-corrected chi connectivity index (χ2v) is 9.01. The lowest BCUT2D eigenvalue weighted by atomic mass is 9.99. The molecule has 4 aromatic rings. The lowest BCUT2D eigenvalue weighted by Gasteiger charge is -2.29. The number of fused-ring (bicyclic) bond motifs is 1. The monoisotopic (exact) mass is 474 g/mol. The van der Waals surface area contributed by atoms with E-state index in [0.717, 1.165) is 44.0 Å². The average Bonchev–Trinajstić information content (AvgIpc) is 3.27. The number of halogens is 1. The van der Waals surface area contributed by atoms with Crippen LogP contribution in [0.15, 0.2) is 72.9 Å². The van der Waals surface area contributed by atoms with Gasteiger partial charge in [-0.2, -0.15) is 0 Å². The van der Waals surface area contributed by atoms with Crippen LogP contribution in [0.25, 0.3) is 10.9 Å². The Kier molecular flexibility index (Phi) is 6.57. The maximum atomic E-state index is 12.2. The number of morpholine rings is 1. The lowest BCUT2D eigenvalue weighted by molar-refractivity contribution is 0.0599. The Bertz CT molecular complexity index is 1320. The number of hydrogen-bond donors (Lipinski definition) is 0. The van der Waals surface area contributed by atoms with E-state index in [2.05, 4.69) is 64.2 Å². The van der Waals surface area contributed by atoms with Crippen LogP contribution in [0.2, 0.25) is 5.02 Å². The van der Waals surface area contributed by atoms with E-state index in [1.54, 1.807) is 6.07 Å². The molecule has 174 valence electrons. The van der Waals surface area contributed by atoms with Crippen molar-refractivity contribution in [3.8, 4) is 0 Å². The number of hydrogen-bond acceptors (Lipinski definition) is 4. The second-order valence-electron chi connectivity index (χ2n) is 8.58. The molecule has 1 saturated heterocycles. The molecular weight excluding hydrogens is 448 g/mol. The summed E-state index contributed by atoms with van der Waals surface area (Å²) in [6.07, 6.45) is 2.77. The van der Waals surface area contributed by atoms with Crippen molar-refractivity contribution in [1.29, 1.82) is 0 Å². The summed E-state index contributed by atoms with van der Waals surface area (Å²) in [7, 11) is 1.39. The Morgan fingerprint density at radius 2 is 1.85 bits per heavy atom. The number of anilines is 1. The van der Waals surface area contributed by atoms with Crippen molar-refractivity contribution in [2.24, 2.45) is 0 Å². The summed E-state index contributed by atoms with van der Waals surface area (Å²) in [5.41, 5.74) is 6.25. The summed E-state index contributed by atoms with van der Waals surface area (Å²) in [5, 5.41) is 1.70. The first-order chi connectivity index (χ1) is 16.6. The van der Waals surface area contributed by atoms with Crippen molar-refractivity contribution in [3.05, 3.63) is 100 Å². The summed E-state index contributed by atoms with van der Waals surface area (Å²) in [5.74, 6) is -0.371. The molecule has 0 unspecified atom stereocenters. The van der Waals surface area contributed by atoms with E-state index in [0.29, 0.717) is 17.0 Å². The predicted molar refractivity (Wildman–Crippen MR) is 136 cm³/mol. The van der Waals surface area contributed by atoms with Crippen LogP contribution >= 0.6 is 11.6 Å². The van der Waals surface area contributed by atoms with Gasteiger partial charge in [-0.3, -0.25) is 0 Å². The maximum absolute atomic E-state index is 12.2. The van der Waals surface area contributed by atoms with Gasteiger partial charge in [0.25, 0.3) is 0 Å². The Labute approximate surface area is 204 Å². The third-order valence-corrected chi connectivity index (χ3v) is 6.58. The molecule has 5 nitrogen and oxygen atoms in total. The zero-order chi connectivity index (χ0) is 23.5. The highest BCUT2D eigenvalue weighted by Gasteiger charge is 2.14. The Morgan fingerprint density at radius 1 is 1.00 bits per heavy atom. The maximum Gasteiger partial charge on any atom is 0.338 e. The third kappa shape index (κ3) is 4.81. The minimum absolute atomic E-state index is 0.371. The Balaban J connectivity index is 1.36. The summed E-state index contributed by atoms with van der Waals surface area (Å²) in [4.78, 5) is 14.6. The number of carbonyl (C=O) groups excluding carboxylic acids is 1. The summed E-state index contributed by atoms with van der Waals surface area (Å²) in [6, 6.07) is 22.8. The zero-order valence-electron chi connectivity index (χ0n) is 19.2.